The van der Waals surface area contributed by atoms with Crippen molar-refractivity contribution in [3.63, 3.8) is 0 Å². The lowest BCUT2D eigenvalue weighted by Crippen LogP contribution is -2.20. The van der Waals surface area contributed by atoms with Crippen molar-refractivity contribution in [3.8, 4) is 5.75 Å². The molecule has 1 amide bonds. The number of ether oxygens (including phenoxy) is 1. The van der Waals surface area contributed by atoms with E-state index in [1.807, 2.05) is 0 Å². The van der Waals surface area contributed by atoms with E-state index in [4.69, 9.17) is 20.8 Å². The first-order valence-corrected chi connectivity index (χ1v) is 11.9. The lowest BCUT2D eigenvalue weighted by Gasteiger charge is -2.10. The SMILES string of the molecule is Cc1cc(=O)oc2cc(OCC(=O)Nc3ccc(S(=O)(=O)Nc4cccc(Cl)c4)cc3)ccc12. The highest BCUT2D eigenvalue weighted by Crippen LogP contribution is 2.23. The Kier molecular flexibility index (Phi) is 6.58. The molecule has 0 spiro atoms. The van der Waals surface area contributed by atoms with Crippen LogP contribution in [0.5, 0.6) is 5.75 Å². The predicted octanol–water partition coefficient (Wildman–Crippen LogP) is 4.57. The number of benzene rings is 3. The monoisotopic (exact) mass is 498 g/mol. The van der Waals surface area contributed by atoms with Crippen molar-refractivity contribution >= 4 is 49.9 Å². The van der Waals surface area contributed by atoms with Crippen molar-refractivity contribution in [1.29, 1.82) is 0 Å². The fraction of sp³-hybridized carbons (Fsp3) is 0.0833. The van der Waals surface area contributed by atoms with Crippen LogP contribution in [0.2, 0.25) is 5.02 Å². The van der Waals surface area contributed by atoms with Gasteiger partial charge in [0, 0.05) is 28.2 Å². The molecule has 0 unspecified atom stereocenters. The van der Waals surface area contributed by atoms with E-state index in [9.17, 15) is 18.0 Å². The van der Waals surface area contributed by atoms with Crippen LogP contribution < -0.4 is 20.4 Å². The van der Waals surface area contributed by atoms with Crippen LogP contribution in [-0.4, -0.2) is 20.9 Å². The van der Waals surface area contributed by atoms with Crippen LogP contribution in [0, 0.1) is 6.92 Å². The maximum absolute atomic E-state index is 12.6. The summed E-state index contributed by atoms with van der Waals surface area (Å²) in [7, 11) is -3.82. The average Bonchev–Trinajstić information content (AvgIpc) is 2.77. The Morgan fingerprint density at radius 1 is 1.00 bits per heavy atom. The van der Waals surface area contributed by atoms with Crippen molar-refractivity contribution < 1.29 is 22.4 Å². The lowest BCUT2D eigenvalue weighted by molar-refractivity contribution is -0.118. The van der Waals surface area contributed by atoms with Crippen LogP contribution in [0.25, 0.3) is 11.0 Å². The first kappa shape index (κ1) is 23.3. The molecule has 174 valence electrons. The molecular formula is C24H19ClN2O6S. The van der Waals surface area contributed by atoms with Gasteiger partial charge in [-0.25, -0.2) is 13.2 Å². The van der Waals surface area contributed by atoms with Gasteiger partial charge in [0.05, 0.1) is 10.6 Å². The molecule has 34 heavy (non-hydrogen) atoms. The highest BCUT2D eigenvalue weighted by molar-refractivity contribution is 7.92. The third kappa shape index (κ3) is 5.56. The number of amides is 1. The van der Waals surface area contributed by atoms with Crippen molar-refractivity contribution in [1.82, 2.24) is 0 Å². The fourth-order valence-electron chi connectivity index (χ4n) is 3.22. The quantitative estimate of drug-likeness (QED) is 0.361. The summed E-state index contributed by atoms with van der Waals surface area (Å²) in [6, 6.07) is 18.4. The van der Waals surface area contributed by atoms with Crippen LogP contribution >= 0.6 is 11.6 Å². The number of hydrogen-bond donors (Lipinski definition) is 2. The number of halogens is 1. The maximum atomic E-state index is 12.6. The number of rotatable bonds is 7. The van der Waals surface area contributed by atoms with Gasteiger partial charge in [0.2, 0.25) is 0 Å². The van der Waals surface area contributed by atoms with Crippen LogP contribution in [-0.2, 0) is 14.8 Å². The van der Waals surface area contributed by atoms with Crippen LogP contribution in [0.3, 0.4) is 0 Å². The minimum absolute atomic E-state index is 0.0228. The molecule has 0 atom stereocenters. The number of carbonyl (C=O) groups is 1. The van der Waals surface area contributed by atoms with Crippen LogP contribution in [0.15, 0.2) is 86.9 Å². The Morgan fingerprint density at radius 3 is 2.50 bits per heavy atom. The van der Waals surface area contributed by atoms with E-state index in [-0.39, 0.29) is 11.5 Å². The number of anilines is 2. The molecule has 4 rings (SSSR count). The molecule has 0 saturated carbocycles. The zero-order chi connectivity index (χ0) is 24.3. The molecule has 0 aliphatic rings. The molecule has 0 aliphatic carbocycles. The highest BCUT2D eigenvalue weighted by Gasteiger charge is 2.15. The van der Waals surface area contributed by atoms with E-state index in [1.54, 1.807) is 43.3 Å². The summed E-state index contributed by atoms with van der Waals surface area (Å²) in [4.78, 5) is 23.8. The minimum atomic E-state index is -3.82. The van der Waals surface area contributed by atoms with Gasteiger partial charge in [-0.2, -0.15) is 0 Å². The van der Waals surface area contributed by atoms with E-state index in [0.717, 1.165) is 10.9 Å². The second-order valence-corrected chi connectivity index (χ2v) is 9.50. The number of aryl methyl sites for hydroxylation is 1. The van der Waals surface area contributed by atoms with Gasteiger partial charge in [0.15, 0.2) is 6.61 Å². The Morgan fingerprint density at radius 2 is 1.76 bits per heavy atom. The lowest BCUT2D eigenvalue weighted by atomic mass is 10.1. The summed E-state index contributed by atoms with van der Waals surface area (Å²) in [6.45, 7) is 1.51. The van der Waals surface area contributed by atoms with Crippen molar-refractivity contribution in [3.05, 3.63) is 93.8 Å². The van der Waals surface area contributed by atoms with Gasteiger partial charge in [0.1, 0.15) is 11.3 Å². The van der Waals surface area contributed by atoms with Crippen LogP contribution in [0.4, 0.5) is 11.4 Å². The zero-order valence-corrected chi connectivity index (χ0v) is 19.4. The molecule has 0 radical (unpaired) electrons. The van der Waals surface area contributed by atoms with Gasteiger partial charge in [-0.1, -0.05) is 17.7 Å². The van der Waals surface area contributed by atoms with E-state index in [1.165, 1.54) is 36.4 Å². The average molecular weight is 499 g/mol. The summed E-state index contributed by atoms with van der Waals surface area (Å²) in [6.07, 6.45) is 0. The van der Waals surface area contributed by atoms with Gasteiger partial charge in [-0.15, -0.1) is 0 Å². The summed E-state index contributed by atoms with van der Waals surface area (Å²) in [5.41, 5.74) is 1.42. The van der Waals surface area contributed by atoms with Gasteiger partial charge in [-0.3, -0.25) is 9.52 Å². The molecule has 1 aromatic heterocycles. The number of nitrogens with one attached hydrogen (secondary N) is 2. The van der Waals surface area contributed by atoms with E-state index >= 15 is 0 Å². The van der Waals surface area contributed by atoms with Crippen molar-refractivity contribution in [2.24, 2.45) is 0 Å². The molecule has 0 aliphatic heterocycles. The Labute approximate surface area is 200 Å². The number of hydrogen-bond acceptors (Lipinski definition) is 6. The molecule has 0 fully saturated rings. The Hall–Kier alpha value is -3.82. The third-order valence-electron chi connectivity index (χ3n) is 4.82. The van der Waals surface area contributed by atoms with Gasteiger partial charge < -0.3 is 14.5 Å². The molecule has 1 heterocycles. The summed E-state index contributed by atoms with van der Waals surface area (Å²) < 4.78 is 38.2. The highest BCUT2D eigenvalue weighted by atomic mass is 35.5. The number of sulfonamides is 1. The van der Waals surface area contributed by atoms with Gasteiger partial charge >= 0.3 is 5.63 Å². The summed E-state index contributed by atoms with van der Waals surface area (Å²) >= 11 is 5.89. The largest absolute Gasteiger partial charge is 0.484 e. The molecule has 0 saturated heterocycles. The van der Waals surface area contributed by atoms with Gasteiger partial charge in [-0.05, 0) is 67.1 Å². The summed E-state index contributed by atoms with van der Waals surface area (Å²) in [5, 5.41) is 3.81. The molecule has 3 aromatic carbocycles. The third-order valence-corrected chi connectivity index (χ3v) is 6.45. The maximum Gasteiger partial charge on any atom is 0.336 e. The summed E-state index contributed by atoms with van der Waals surface area (Å²) in [5.74, 6) is -0.0802. The molecule has 10 heteroatoms. The molecule has 4 aromatic rings. The van der Waals surface area contributed by atoms with Crippen molar-refractivity contribution in [2.75, 3.05) is 16.6 Å². The normalized spacial score (nSPS) is 11.2. The van der Waals surface area contributed by atoms with E-state index in [0.29, 0.717) is 27.7 Å². The zero-order valence-electron chi connectivity index (χ0n) is 17.9. The molecule has 0 bridgehead atoms. The first-order chi connectivity index (χ1) is 16.2. The number of fused-ring (bicyclic) bond motifs is 1. The van der Waals surface area contributed by atoms with Gasteiger partial charge in [0.25, 0.3) is 15.9 Å². The Bertz CT molecular complexity index is 1530. The fourth-order valence-corrected chi connectivity index (χ4v) is 4.46. The van der Waals surface area contributed by atoms with Crippen LogP contribution in [0.1, 0.15) is 5.56 Å². The van der Waals surface area contributed by atoms with E-state index < -0.39 is 21.6 Å². The second kappa shape index (κ2) is 9.58. The topological polar surface area (TPSA) is 115 Å². The molecular weight excluding hydrogens is 480 g/mol. The minimum Gasteiger partial charge on any atom is -0.484 e. The van der Waals surface area contributed by atoms with E-state index in [2.05, 4.69) is 10.0 Å². The van der Waals surface area contributed by atoms with Crippen molar-refractivity contribution in [2.45, 2.75) is 11.8 Å². The smallest absolute Gasteiger partial charge is 0.336 e. The molecule has 2 N–H and O–H groups in total. The predicted molar refractivity (Wildman–Crippen MR) is 130 cm³/mol. The second-order valence-electron chi connectivity index (χ2n) is 7.38. The Balaban J connectivity index is 1.37. The molecule has 8 nitrogen and oxygen atoms in total. The first-order valence-electron chi connectivity index (χ1n) is 10.1. The number of carbonyl (C=O) groups excluding carboxylic acids is 1. The standard InChI is InChI=1S/C24H19ClN2O6S/c1-15-11-24(29)33-22-13-19(7-10-21(15)22)32-14-23(28)26-17-5-8-20(9-6-17)34(30,31)27-18-4-2-3-16(25)12-18/h2-13,27H,14H2,1H3,(H,26,28).